The maximum absolute atomic E-state index is 6.63. The number of halogens is 2. The van der Waals surface area contributed by atoms with E-state index in [0.717, 1.165) is 0 Å². The van der Waals surface area contributed by atoms with Crippen molar-refractivity contribution in [2.24, 2.45) is 0 Å². The Morgan fingerprint density at radius 2 is 1.68 bits per heavy atom. The molecule has 4 heteroatoms. The Labute approximate surface area is 167 Å². The minimum absolute atomic E-state index is 0.210. The van der Waals surface area contributed by atoms with Crippen LogP contribution in [0.15, 0.2) is 54.6 Å². The average molecular weight is 464 g/mol. The third-order valence-electron chi connectivity index (χ3n) is 4.71. The molecule has 3 aromatic rings. The first-order valence-electron chi connectivity index (χ1n) is 8.21. The summed E-state index contributed by atoms with van der Waals surface area (Å²) in [6.07, 6.45) is 2.34. The molecule has 0 saturated heterocycles. The van der Waals surface area contributed by atoms with Crippen molar-refractivity contribution in [1.29, 1.82) is 0 Å². The van der Waals surface area contributed by atoms with Crippen molar-refractivity contribution in [2.75, 3.05) is 0 Å². The summed E-state index contributed by atoms with van der Waals surface area (Å²) in [5.74, 6) is 0. The van der Waals surface area contributed by atoms with Crippen LogP contribution in [-0.4, -0.2) is 0 Å². The van der Waals surface area contributed by atoms with Crippen LogP contribution in [-0.2, 0) is 19.4 Å². The molecule has 1 aliphatic rings. The van der Waals surface area contributed by atoms with Gasteiger partial charge in [0.15, 0.2) is 0 Å². The summed E-state index contributed by atoms with van der Waals surface area (Å²) in [7, 11) is 13.3. The van der Waals surface area contributed by atoms with Crippen molar-refractivity contribution in [3.8, 4) is 11.1 Å². The molecule has 0 fully saturated rings. The van der Waals surface area contributed by atoms with Gasteiger partial charge in [-0.05, 0) is 0 Å². The van der Waals surface area contributed by atoms with Crippen LogP contribution >= 0.6 is 28.4 Å². The number of thiophene rings is 1. The minimum atomic E-state index is -2.53. The van der Waals surface area contributed by atoms with Crippen molar-refractivity contribution in [2.45, 2.75) is 17.5 Å². The van der Waals surface area contributed by atoms with E-state index >= 15 is 0 Å². The number of aryl methyl sites for hydroxylation is 2. The SMILES string of the molecule is Cc1ccc(C2=Cc3c(ccc(C)c3-c3ccccc3)[CH]2[Zr]([Cl])[Cl])s1. The van der Waals surface area contributed by atoms with Crippen LogP contribution in [0.2, 0.25) is 0 Å². The van der Waals surface area contributed by atoms with Crippen LogP contribution < -0.4 is 0 Å². The maximum atomic E-state index is 6.63. The Balaban J connectivity index is 1.95. The summed E-state index contributed by atoms with van der Waals surface area (Å²) < 4.78 is 0.210. The summed E-state index contributed by atoms with van der Waals surface area (Å²) in [4.78, 5) is 2.62. The van der Waals surface area contributed by atoms with E-state index in [1.807, 2.05) is 11.3 Å². The van der Waals surface area contributed by atoms with Crippen LogP contribution in [0.1, 0.15) is 30.1 Å². The second-order valence-electron chi connectivity index (χ2n) is 6.36. The van der Waals surface area contributed by atoms with Crippen LogP contribution in [0.4, 0.5) is 0 Å². The zero-order chi connectivity index (χ0) is 17.6. The van der Waals surface area contributed by atoms with Gasteiger partial charge in [0.1, 0.15) is 0 Å². The first kappa shape index (κ1) is 17.7. The molecule has 4 rings (SSSR count). The van der Waals surface area contributed by atoms with E-state index in [2.05, 4.69) is 74.5 Å². The van der Waals surface area contributed by atoms with E-state index in [1.54, 1.807) is 0 Å². The Hall–Kier alpha value is -0.657. The fourth-order valence-corrected chi connectivity index (χ4v) is 9.90. The second-order valence-corrected chi connectivity index (χ2v) is 16.5. The molecule has 1 unspecified atom stereocenters. The van der Waals surface area contributed by atoms with Gasteiger partial charge in [0, 0.05) is 0 Å². The standard InChI is InChI=1S/C21H17S.2ClH.Zr/c1-14-8-10-17-12-18(20-11-9-15(2)22-20)13-19(17)21(14)16-6-4-3-5-7-16;;;/h3-13H,1-2H3;2*1H;/q;;;+2/p-2. The second kappa shape index (κ2) is 7.16. The number of fused-ring (bicyclic) bond motifs is 1. The monoisotopic (exact) mass is 461 g/mol. The molecule has 1 heterocycles. The van der Waals surface area contributed by atoms with E-state index in [4.69, 9.17) is 17.0 Å². The van der Waals surface area contributed by atoms with Crippen LogP contribution in [0.5, 0.6) is 0 Å². The molecule has 0 radical (unpaired) electrons. The zero-order valence-corrected chi connectivity index (χ0v) is 18.8. The van der Waals surface area contributed by atoms with Crippen molar-refractivity contribution >= 4 is 40.0 Å². The normalized spacial score (nSPS) is 15.8. The van der Waals surface area contributed by atoms with Gasteiger partial charge in [-0.15, -0.1) is 0 Å². The van der Waals surface area contributed by atoms with E-state index in [1.165, 1.54) is 43.1 Å². The molecule has 0 amide bonds. The third kappa shape index (κ3) is 3.23. The zero-order valence-electron chi connectivity index (χ0n) is 14.0. The first-order chi connectivity index (χ1) is 12.1. The Bertz CT molecular complexity index is 957. The molecule has 125 valence electrons. The van der Waals surface area contributed by atoms with Crippen LogP contribution in [0.3, 0.4) is 0 Å². The topological polar surface area (TPSA) is 0 Å². The average Bonchev–Trinajstić information content (AvgIpc) is 3.18. The Morgan fingerprint density at radius 1 is 0.920 bits per heavy atom. The Kier molecular flexibility index (Phi) is 5.08. The third-order valence-corrected chi connectivity index (χ3v) is 10.9. The van der Waals surface area contributed by atoms with E-state index in [0.29, 0.717) is 0 Å². The van der Waals surface area contributed by atoms with Gasteiger partial charge >= 0.3 is 169 Å². The molecule has 1 atom stereocenters. The summed E-state index contributed by atoms with van der Waals surface area (Å²) >= 11 is -0.702. The van der Waals surface area contributed by atoms with Crippen LogP contribution in [0.25, 0.3) is 22.8 Å². The summed E-state index contributed by atoms with van der Waals surface area (Å²) in [5, 5.41) is 0. The van der Waals surface area contributed by atoms with E-state index < -0.39 is 19.4 Å². The first-order valence-corrected chi connectivity index (χ1v) is 16.8. The van der Waals surface area contributed by atoms with E-state index in [-0.39, 0.29) is 3.63 Å². The molecular formula is C21H17Cl2SZr. The molecule has 0 saturated carbocycles. The van der Waals surface area contributed by atoms with E-state index in [9.17, 15) is 0 Å². The molecule has 0 nitrogen and oxygen atoms in total. The summed E-state index contributed by atoms with van der Waals surface area (Å²) in [5.41, 5.74) is 7.78. The van der Waals surface area contributed by atoms with Crippen LogP contribution in [0, 0.1) is 13.8 Å². The molecule has 25 heavy (non-hydrogen) atoms. The quantitative estimate of drug-likeness (QED) is 0.376. The molecule has 0 aliphatic heterocycles. The summed E-state index contributed by atoms with van der Waals surface area (Å²) in [6, 6.07) is 19.4. The summed E-state index contributed by atoms with van der Waals surface area (Å²) in [6.45, 7) is 4.33. The van der Waals surface area contributed by atoms with Crippen molar-refractivity contribution < 1.29 is 19.4 Å². The molecule has 0 bridgehead atoms. The van der Waals surface area contributed by atoms with Gasteiger partial charge in [-0.3, -0.25) is 0 Å². The number of rotatable bonds is 3. The van der Waals surface area contributed by atoms with Crippen molar-refractivity contribution in [3.63, 3.8) is 0 Å². The molecule has 0 N–H and O–H groups in total. The van der Waals surface area contributed by atoms with Crippen molar-refractivity contribution in [1.82, 2.24) is 0 Å². The van der Waals surface area contributed by atoms with Gasteiger partial charge < -0.3 is 0 Å². The van der Waals surface area contributed by atoms with Gasteiger partial charge in [0.05, 0.1) is 0 Å². The van der Waals surface area contributed by atoms with Gasteiger partial charge in [-0.1, -0.05) is 0 Å². The predicted octanol–water partition coefficient (Wildman–Crippen LogP) is 7.55. The molecule has 0 spiro atoms. The number of hydrogen-bond donors (Lipinski definition) is 0. The van der Waals surface area contributed by atoms with Gasteiger partial charge in [-0.25, -0.2) is 0 Å². The molecular weight excluding hydrogens is 446 g/mol. The predicted molar refractivity (Wildman–Crippen MR) is 108 cm³/mol. The number of allylic oxidation sites excluding steroid dienone is 1. The van der Waals surface area contributed by atoms with Gasteiger partial charge in [0.25, 0.3) is 0 Å². The van der Waals surface area contributed by atoms with Crippen molar-refractivity contribution in [3.05, 3.63) is 81.0 Å². The van der Waals surface area contributed by atoms with Gasteiger partial charge in [-0.2, -0.15) is 0 Å². The van der Waals surface area contributed by atoms with Gasteiger partial charge in [0.2, 0.25) is 0 Å². The molecule has 2 aromatic carbocycles. The molecule has 1 aliphatic carbocycles. The fourth-order valence-electron chi connectivity index (χ4n) is 3.58. The fraction of sp³-hybridized carbons (Fsp3) is 0.143. The molecule has 1 aromatic heterocycles. The Morgan fingerprint density at radius 3 is 2.32 bits per heavy atom. The number of hydrogen-bond acceptors (Lipinski definition) is 1. The number of benzene rings is 2.